The fourth-order valence-electron chi connectivity index (χ4n) is 5.05. The number of likely N-dealkylation sites (tertiary alicyclic amines) is 2. The van der Waals surface area contributed by atoms with Crippen LogP contribution in [0.2, 0.25) is 0 Å². The standard InChI is InChI=1S/C21H25N5O/c27-15-21-13-25(9-17-3-1-2-16-8-22-6-5-20(16)17)10-18(21)11-26(14-21)12-19-4-7-23-24-19/h1-8,18,27H,9-15H2,(H,23,24). The maximum Gasteiger partial charge on any atom is 0.0515 e. The van der Waals surface area contributed by atoms with E-state index in [9.17, 15) is 5.11 Å². The lowest BCUT2D eigenvalue weighted by Crippen LogP contribution is -2.36. The Morgan fingerprint density at radius 2 is 1.93 bits per heavy atom. The number of aliphatic hydroxyl groups is 1. The van der Waals surface area contributed by atoms with E-state index >= 15 is 0 Å². The second kappa shape index (κ2) is 6.71. The Hall–Kier alpha value is -2.28. The van der Waals surface area contributed by atoms with Gasteiger partial charge in [0.15, 0.2) is 0 Å². The van der Waals surface area contributed by atoms with Crippen LogP contribution in [0.3, 0.4) is 0 Å². The van der Waals surface area contributed by atoms with Crippen LogP contribution in [0.25, 0.3) is 10.8 Å². The lowest BCUT2D eigenvalue weighted by atomic mass is 9.82. The van der Waals surface area contributed by atoms with Gasteiger partial charge in [0, 0.05) is 74.4 Å². The minimum absolute atomic E-state index is 0.00778. The Morgan fingerprint density at radius 1 is 1.07 bits per heavy atom. The molecule has 2 aromatic heterocycles. The molecule has 0 aliphatic carbocycles. The summed E-state index contributed by atoms with van der Waals surface area (Å²) in [6.07, 6.45) is 5.60. The zero-order valence-electron chi connectivity index (χ0n) is 15.4. The van der Waals surface area contributed by atoms with Crippen LogP contribution >= 0.6 is 0 Å². The molecule has 0 radical (unpaired) electrons. The topological polar surface area (TPSA) is 68.3 Å². The maximum atomic E-state index is 10.2. The van der Waals surface area contributed by atoms with Crippen LogP contribution in [0.15, 0.2) is 48.9 Å². The van der Waals surface area contributed by atoms with Crippen LogP contribution in [-0.2, 0) is 13.1 Å². The number of pyridine rings is 1. The fraction of sp³-hybridized carbons (Fsp3) is 0.429. The molecule has 0 spiro atoms. The van der Waals surface area contributed by atoms with Crippen molar-refractivity contribution in [3.8, 4) is 0 Å². The highest BCUT2D eigenvalue weighted by Crippen LogP contribution is 2.43. The Kier molecular flexibility index (Phi) is 4.19. The van der Waals surface area contributed by atoms with Crippen LogP contribution in [0, 0.1) is 11.3 Å². The highest BCUT2D eigenvalue weighted by atomic mass is 16.3. The number of rotatable bonds is 5. The third-order valence-corrected chi connectivity index (χ3v) is 6.33. The van der Waals surface area contributed by atoms with Crippen LogP contribution < -0.4 is 0 Å². The van der Waals surface area contributed by atoms with E-state index in [1.165, 1.54) is 16.3 Å². The smallest absolute Gasteiger partial charge is 0.0515 e. The molecular formula is C21H25N5O. The number of hydrogen-bond donors (Lipinski definition) is 2. The van der Waals surface area contributed by atoms with Gasteiger partial charge >= 0.3 is 0 Å². The summed E-state index contributed by atoms with van der Waals surface area (Å²) in [5.74, 6) is 0.516. The second-order valence-corrected chi connectivity index (χ2v) is 8.15. The van der Waals surface area contributed by atoms with Crippen molar-refractivity contribution < 1.29 is 5.11 Å². The summed E-state index contributed by atoms with van der Waals surface area (Å²) >= 11 is 0. The molecule has 27 heavy (non-hydrogen) atoms. The van der Waals surface area contributed by atoms with Gasteiger partial charge in [-0.05, 0) is 29.0 Å². The quantitative estimate of drug-likeness (QED) is 0.725. The third kappa shape index (κ3) is 3.04. The summed E-state index contributed by atoms with van der Waals surface area (Å²) in [7, 11) is 0. The van der Waals surface area contributed by atoms with Crippen molar-refractivity contribution in [2.24, 2.45) is 11.3 Å². The Labute approximate surface area is 158 Å². The minimum atomic E-state index is -0.00778. The first kappa shape index (κ1) is 16.9. The molecule has 6 nitrogen and oxygen atoms in total. The number of H-pyrrole nitrogens is 1. The molecule has 2 aliphatic heterocycles. The molecule has 2 fully saturated rings. The molecule has 4 heterocycles. The molecule has 2 N–H and O–H groups in total. The van der Waals surface area contributed by atoms with Gasteiger partial charge in [-0.1, -0.05) is 18.2 Å². The number of aliphatic hydroxyl groups excluding tert-OH is 1. The molecule has 0 saturated carbocycles. The van der Waals surface area contributed by atoms with Crippen LogP contribution in [0.1, 0.15) is 11.3 Å². The highest BCUT2D eigenvalue weighted by molar-refractivity contribution is 5.84. The summed E-state index contributed by atoms with van der Waals surface area (Å²) in [5.41, 5.74) is 2.48. The molecule has 2 aliphatic rings. The number of hydrogen-bond acceptors (Lipinski definition) is 5. The number of nitrogens with zero attached hydrogens (tertiary/aromatic N) is 4. The Balaban J connectivity index is 1.31. The van der Waals surface area contributed by atoms with E-state index < -0.39 is 0 Å². The van der Waals surface area contributed by atoms with E-state index in [1.54, 1.807) is 6.20 Å². The lowest BCUT2D eigenvalue weighted by molar-refractivity contribution is 0.110. The maximum absolute atomic E-state index is 10.2. The summed E-state index contributed by atoms with van der Waals surface area (Å²) in [4.78, 5) is 9.21. The van der Waals surface area contributed by atoms with Gasteiger partial charge in [-0.25, -0.2) is 0 Å². The van der Waals surface area contributed by atoms with Crippen LogP contribution in [0.4, 0.5) is 0 Å². The third-order valence-electron chi connectivity index (χ3n) is 6.33. The predicted octanol–water partition coefficient (Wildman–Crippen LogP) is 1.88. The Morgan fingerprint density at radius 3 is 2.67 bits per heavy atom. The average molecular weight is 363 g/mol. The van der Waals surface area contributed by atoms with Gasteiger partial charge in [0.1, 0.15) is 0 Å². The van der Waals surface area contributed by atoms with Gasteiger partial charge in [0.2, 0.25) is 0 Å². The van der Waals surface area contributed by atoms with Crippen molar-refractivity contribution in [1.29, 1.82) is 0 Å². The molecule has 3 aromatic rings. The molecule has 6 heteroatoms. The second-order valence-electron chi connectivity index (χ2n) is 8.15. The summed E-state index contributed by atoms with van der Waals surface area (Å²) < 4.78 is 0. The summed E-state index contributed by atoms with van der Waals surface area (Å²) in [6, 6.07) is 10.6. The first-order valence-electron chi connectivity index (χ1n) is 9.61. The molecule has 140 valence electrons. The molecule has 2 saturated heterocycles. The fourth-order valence-corrected chi connectivity index (χ4v) is 5.05. The first-order chi connectivity index (χ1) is 13.3. The molecule has 1 aromatic carbocycles. The van der Waals surface area contributed by atoms with Gasteiger partial charge < -0.3 is 5.11 Å². The predicted molar refractivity (Wildman–Crippen MR) is 104 cm³/mol. The number of benzene rings is 1. The van der Waals surface area contributed by atoms with E-state index in [2.05, 4.69) is 49.2 Å². The van der Waals surface area contributed by atoms with Crippen LogP contribution in [-0.4, -0.2) is 62.9 Å². The van der Waals surface area contributed by atoms with Crippen molar-refractivity contribution in [1.82, 2.24) is 25.0 Å². The van der Waals surface area contributed by atoms with Gasteiger partial charge in [0.05, 0.1) is 6.61 Å². The molecule has 0 amide bonds. The van der Waals surface area contributed by atoms with Crippen molar-refractivity contribution in [3.05, 3.63) is 60.2 Å². The number of nitrogens with one attached hydrogen (secondary N) is 1. The molecule has 2 atom stereocenters. The van der Waals surface area contributed by atoms with Crippen molar-refractivity contribution in [3.63, 3.8) is 0 Å². The van der Waals surface area contributed by atoms with E-state index in [0.717, 1.165) is 45.0 Å². The first-order valence-corrected chi connectivity index (χ1v) is 9.61. The van der Waals surface area contributed by atoms with E-state index in [4.69, 9.17) is 0 Å². The van der Waals surface area contributed by atoms with E-state index in [0.29, 0.717) is 5.92 Å². The Bertz CT molecular complexity index is 922. The van der Waals surface area contributed by atoms with Gasteiger partial charge in [0.25, 0.3) is 0 Å². The molecule has 5 rings (SSSR count). The normalized spacial score (nSPS) is 26.0. The zero-order valence-corrected chi connectivity index (χ0v) is 15.4. The number of aromatic amines is 1. The van der Waals surface area contributed by atoms with Crippen LogP contribution in [0.5, 0.6) is 0 Å². The average Bonchev–Trinajstić information content (AvgIpc) is 3.37. The van der Waals surface area contributed by atoms with Crippen molar-refractivity contribution >= 4 is 10.8 Å². The highest BCUT2D eigenvalue weighted by Gasteiger charge is 2.51. The van der Waals surface area contributed by atoms with Gasteiger partial charge in [-0.15, -0.1) is 0 Å². The monoisotopic (exact) mass is 363 g/mol. The number of aromatic nitrogens is 3. The van der Waals surface area contributed by atoms with Gasteiger partial charge in [-0.2, -0.15) is 5.10 Å². The largest absolute Gasteiger partial charge is 0.396 e. The SMILES string of the molecule is OCC12CN(Cc3ccn[nH]3)CC1CN(Cc1cccc3cnccc13)C2. The molecular weight excluding hydrogens is 338 g/mol. The summed E-state index contributed by atoms with van der Waals surface area (Å²) in [6.45, 7) is 6.05. The van der Waals surface area contributed by atoms with E-state index in [-0.39, 0.29) is 12.0 Å². The van der Waals surface area contributed by atoms with Crippen molar-refractivity contribution in [2.45, 2.75) is 13.1 Å². The number of fused-ring (bicyclic) bond motifs is 2. The summed E-state index contributed by atoms with van der Waals surface area (Å²) in [5, 5.41) is 19.8. The van der Waals surface area contributed by atoms with Gasteiger partial charge in [-0.3, -0.25) is 19.9 Å². The zero-order chi connectivity index (χ0) is 18.3. The van der Waals surface area contributed by atoms with E-state index in [1.807, 2.05) is 18.5 Å². The molecule has 2 unspecified atom stereocenters. The lowest BCUT2D eigenvalue weighted by Gasteiger charge is -2.27. The minimum Gasteiger partial charge on any atom is -0.396 e. The van der Waals surface area contributed by atoms with Crippen molar-refractivity contribution in [2.75, 3.05) is 32.8 Å². The molecule has 0 bridgehead atoms.